The number of imide groups is 1. The second kappa shape index (κ2) is 11.0. The van der Waals surface area contributed by atoms with Crippen LogP contribution in [0.4, 0.5) is 14.4 Å². The van der Waals surface area contributed by atoms with Crippen LogP contribution in [-0.2, 0) is 4.74 Å². The van der Waals surface area contributed by atoms with Crippen LogP contribution in [0.15, 0.2) is 0 Å². The van der Waals surface area contributed by atoms with Crippen molar-refractivity contribution in [2.45, 2.75) is 64.9 Å². The van der Waals surface area contributed by atoms with Crippen LogP contribution in [-0.4, -0.2) is 77.7 Å². The number of hydrogen-bond donors (Lipinski definition) is 1. The Hall–Kier alpha value is -2.50. The molecule has 1 saturated heterocycles. The van der Waals surface area contributed by atoms with Gasteiger partial charge in [-0.25, -0.2) is 19.3 Å². The third kappa shape index (κ3) is 7.39. The number of amides is 5. The first-order valence-corrected chi connectivity index (χ1v) is 10.9. The number of nitrogens with zero attached hydrogens (tertiary/aromatic N) is 4. The second-order valence-electron chi connectivity index (χ2n) is 9.00. The molecule has 0 aromatic carbocycles. The van der Waals surface area contributed by atoms with Crippen molar-refractivity contribution in [2.75, 3.05) is 39.3 Å². The van der Waals surface area contributed by atoms with Gasteiger partial charge < -0.3 is 19.9 Å². The number of nitriles is 1. The average molecular weight is 422 g/mol. The maximum absolute atomic E-state index is 13.1. The number of hydrogen-bond acceptors (Lipinski definition) is 5. The van der Waals surface area contributed by atoms with Crippen LogP contribution >= 0.6 is 0 Å². The highest BCUT2D eigenvalue weighted by atomic mass is 16.6. The molecule has 1 saturated carbocycles. The Morgan fingerprint density at radius 1 is 1.07 bits per heavy atom. The highest BCUT2D eigenvalue weighted by Gasteiger charge is 2.32. The Bertz CT molecular complexity index is 641. The molecule has 1 heterocycles. The molecular formula is C21H35N5O4. The van der Waals surface area contributed by atoms with E-state index in [-0.39, 0.29) is 12.6 Å². The number of carbonyl (C=O) groups is 3. The Balaban J connectivity index is 1.93. The lowest BCUT2D eigenvalue weighted by Gasteiger charge is -2.37. The monoisotopic (exact) mass is 421 g/mol. The van der Waals surface area contributed by atoms with Crippen LogP contribution in [0.2, 0.25) is 0 Å². The van der Waals surface area contributed by atoms with Gasteiger partial charge >= 0.3 is 18.2 Å². The molecule has 1 N–H and O–H groups in total. The van der Waals surface area contributed by atoms with E-state index >= 15 is 0 Å². The van der Waals surface area contributed by atoms with E-state index in [0.717, 1.165) is 19.3 Å². The number of nitrogens with one attached hydrogen (secondary N) is 1. The van der Waals surface area contributed by atoms with Crippen molar-refractivity contribution in [2.24, 2.45) is 5.92 Å². The normalized spacial score (nSPS) is 17.8. The number of rotatable bonds is 4. The highest BCUT2D eigenvalue weighted by Crippen LogP contribution is 2.26. The summed E-state index contributed by atoms with van der Waals surface area (Å²) in [5.74, 6) is 0.529. The first-order chi connectivity index (χ1) is 14.2. The van der Waals surface area contributed by atoms with Gasteiger partial charge in [-0.2, -0.15) is 5.26 Å². The highest BCUT2D eigenvalue weighted by molar-refractivity contribution is 5.93. The Kier molecular flexibility index (Phi) is 8.75. The zero-order chi connectivity index (χ0) is 22.1. The van der Waals surface area contributed by atoms with Gasteiger partial charge in [0, 0.05) is 32.7 Å². The predicted octanol–water partition coefficient (Wildman–Crippen LogP) is 3.16. The van der Waals surface area contributed by atoms with E-state index in [1.54, 1.807) is 9.80 Å². The Morgan fingerprint density at radius 2 is 1.67 bits per heavy atom. The van der Waals surface area contributed by atoms with Crippen LogP contribution in [0.25, 0.3) is 0 Å². The lowest BCUT2D eigenvalue weighted by molar-refractivity contribution is 0.0160. The quantitative estimate of drug-likeness (QED) is 0.702. The predicted molar refractivity (Wildman–Crippen MR) is 112 cm³/mol. The maximum Gasteiger partial charge on any atom is 0.410 e. The molecule has 0 spiro atoms. The molecule has 0 bridgehead atoms. The molecule has 1 aliphatic carbocycles. The van der Waals surface area contributed by atoms with Crippen molar-refractivity contribution < 1.29 is 19.1 Å². The van der Waals surface area contributed by atoms with Gasteiger partial charge in [0.1, 0.15) is 12.1 Å². The Morgan fingerprint density at radius 3 is 2.23 bits per heavy atom. The SMILES string of the molecule is CC(C)(C)OC(=O)N1CCN(C(=O)N(CCC2CCCCC2)C(=O)NCC#N)CC1. The third-order valence-corrected chi connectivity index (χ3v) is 5.48. The van der Waals surface area contributed by atoms with Gasteiger partial charge in [0.25, 0.3) is 0 Å². The van der Waals surface area contributed by atoms with Crippen molar-refractivity contribution in [1.82, 2.24) is 20.0 Å². The van der Waals surface area contributed by atoms with E-state index in [1.165, 1.54) is 24.2 Å². The zero-order valence-corrected chi connectivity index (χ0v) is 18.5. The summed E-state index contributed by atoms with van der Waals surface area (Å²) in [6.45, 7) is 7.03. The second-order valence-corrected chi connectivity index (χ2v) is 9.00. The summed E-state index contributed by atoms with van der Waals surface area (Å²) in [4.78, 5) is 42.2. The smallest absolute Gasteiger partial charge is 0.410 e. The summed E-state index contributed by atoms with van der Waals surface area (Å²) in [6.07, 6.45) is 6.31. The molecule has 30 heavy (non-hydrogen) atoms. The van der Waals surface area contributed by atoms with Crippen molar-refractivity contribution in [1.29, 1.82) is 5.26 Å². The molecule has 0 atom stereocenters. The summed E-state index contributed by atoms with van der Waals surface area (Å²) in [7, 11) is 0. The molecule has 5 amide bonds. The minimum absolute atomic E-state index is 0.140. The van der Waals surface area contributed by atoms with Gasteiger partial charge in [0.05, 0.1) is 6.07 Å². The van der Waals surface area contributed by atoms with Crippen LogP contribution in [0.3, 0.4) is 0 Å². The van der Waals surface area contributed by atoms with Gasteiger partial charge in [-0.3, -0.25) is 0 Å². The van der Waals surface area contributed by atoms with Gasteiger partial charge in [0.15, 0.2) is 0 Å². The molecule has 0 radical (unpaired) electrons. The minimum Gasteiger partial charge on any atom is -0.444 e. The van der Waals surface area contributed by atoms with Crippen molar-refractivity contribution >= 4 is 18.2 Å². The van der Waals surface area contributed by atoms with Gasteiger partial charge in [-0.15, -0.1) is 0 Å². The molecule has 9 heteroatoms. The summed E-state index contributed by atoms with van der Waals surface area (Å²) in [6, 6.07) is 0.967. The standard InChI is InChI=1S/C21H35N5O4/c1-21(2,3)30-20(29)25-15-13-24(14-16-25)19(28)26(18(27)23-11-10-22)12-9-17-7-5-4-6-8-17/h17H,4-9,11-16H2,1-3H3,(H,23,27). The molecule has 0 unspecified atom stereocenters. The topological polar surface area (TPSA) is 106 Å². The average Bonchev–Trinajstić information content (AvgIpc) is 2.71. The van der Waals surface area contributed by atoms with E-state index in [1.807, 2.05) is 26.8 Å². The fourth-order valence-electron chi connectivity index (χ4n) is 3.86. The largest absolute Gasteiger partial charge is 0.444 e. The first-order valence-electron chi connectivity index (χ1n) is 10.9. The number of piperazine rings is 1. The molecular weight excluding hydrogens is 386 g/mol. The summed E-state index contributed by atoms with van der Waals surface area (Å²) >= 11 is 0. The van der Waals surface area contributed by atoms with Crippen LogP contribution in [0.5, 0.6) is 0 Å². The van der Waals surface area contributed by atoms with E-state index in [9.17, 15) is 14.4 Å². The summed E-state index contributed by atoms with van der Waals surface area (Å²) < 4.78 is 5.39. The van der Waals surface area contributed by atoms with Crippen molar-refractivity contribution in [3.8, 4) is 6.07 Å². The molecule has 0 aromatic rings. The lowest BCUT2D eigenvalue weighted by Crippen LogP contribution is -2.57. The summed E-state index contributed by atoms with van der Waals surface area (Å²) in [5.41, 5.74) is -0.571. The van der Waals surface area contributed by atoms with Crippen LogP contribution < -0.4 is 5.32 Å². The molecule has 168 valence electrons. The minimum atomic E-state index is -0.571. The van der Waals surface area contributed by atoms with Gasteiger partial charge in [0.2, 0.25) is 0 Å². The maximum atomic E-state index is 13.1. The van der Waals surface area contributed by atoms with E-state index in [4.69, 9.17) is 10.00 Å². The van der Waals surface area contributed by atoms with Gasteiger partial charge in [-0.05, 0) is 33.1 Å². The third-order valence-electron chi connectivity index (χ3n) is 5.48. The fourth-order valence-corrected chi connectivity index (χ4v) is 3.86. The van der Waals surface area contributed by atoms with E-state index in [2.05, 4.69) is 5.32 Å². The molecule has 2 aliphatic rings. The molecule has 9 nitrogen and oxygen atoms in total. The lowest BCUT2D eigenvalue weighted by atomic mass is 9.87. The zero-order valence-electron chi connectivity index (χ0n) is 18.5. The molecule has 1 aliphatic heterocycles. The van der Waals surface area contributed by atoms with Crippen LogP contribution in [0.1, 0.15) is 59.3 Å². The fraction of sp³-hybridized carbons (Fsp3) is 0.810. The number of ether oxygens (including phenoxy) is 1. The van der Waals surface area contributed by atoms with E-state index < -0.39 is 17.7 Å². The van der Waals surface area contributed by atoms with E-state index in [0.29, 0.717) is 38.6 Å². The number of urea groups is 2. The van der Waals surface area contributed by atoms with Crippen molar-refractivity contribution in [3.63, 3.8) is 0 Å². The van der Waals surface area contributed by atoms with Crippen molar-refractivity contribution in [3.05, 3.63) is 0 Å². The van der Waals surface area contributed by atoms with Gasteiger partial charge in [-0.1, -0.05) is 32.1 Å². The number of carbonyl (C=O) groups excluding carboxylic acids is 3. The molecule has 2 rings (SSSR count). The summed E-state index contributed by atoms with van der Waals surface area (Å²) in [5, 5.41) is 11.2. The molecule has 0 aromatic heterocycles. The molecule has 2 fully saturated rings. The Labute approximate surface area is 179 Å². The van der Waals surface area contributed by atoms with Crippen LogP contribution in [0, 0.1) is 17.2 Å². The first kappa shape index (κ1) is 23.8.